The fourth-order valence-corrected chi connectivity index (χ4v) is 2.33. The number of benzene rings is 1. The lowest BCUT2D eigenvalue weighted by molar-refractivity contribution is -0.384. The van der Waals surface area contributed by atoms with E-state index < -0.39 is 4.92 Å². The third-order valence-electron chi connectivity index (χ3n) is 3.48. The minimum absolute atomic E-state index is 0.0115. The van der Waals surface area contributed by atoms with Gasteiger partial charge in [0.2, 0.25) is 5.91 Å². The number of non-ortho nitro benzene ring substituents is 1. The van der Waals surface area contributed by atoms with E-state index in [9.17, 15) is 14.9 Å². The number of rotatable bonds is 6. The first-order chi connectivity index (χ1) is 10.0. The van der Waals surface area contributed by atoms with Crippen molar-refractivity contribution in [2.24, 2.45) is 0 Å². The monoisotopic (exact) mass is 292 g/mol. The normalized spacial score (nSPS) is 17.9. The first-order valence-corrected chi connectivity index (χ1v) is 7.06. The number of nitrogens with zero attached hydrogens (tertiary/aromatic N) is 2. The number of anilines is 2. The molecule has 1 saturated heterocycles. The Hall–Kier alpha value is -2.31. The van der Waals surface area contributed by atoms with Crippen molar-refractivity contribution in [3.63, 3.8) is 0 Å². The first kappa shape index (κ1) is 15.1. The summed E-state index contributed by atoms with van der Waals surface area (Å²) in [6, 6.07) is 4.46. The minimum Gasteiger partial charge on any atom is -0.385 e. The second-order valence-electron chi connectivity index (χ2n) is 5.20. The molecule has 1 unspecified atom stereocenters. The van der Waals surface area contributed by atoms with Crippen LogP contribution in [0.15, 0.2) is 18.2 Å². The molecular weight excluding hydrogens is 272 g/mol. The number of amides is 1. The molecule has 2 N–H and O–H groups in total. The summed E-state index contributed by atoms with van der Waals surface area (Å²) < 4.78 is 0. The molecule has 1 atom stereocenters. The Morgan fingerprint density at radius 2 is 2.10 bits per heavy atom. The van der Waals surface area contributed by atoms with E-state index in [1.807, 2.05) is 6.92 Å². The van der Waals surface area contributed by atoms with Gasteiger partial charge in [0.25, 0.3) is 5.69 Å². The Morgan fingerprint density at radius 3 is 2.67 bits per heavy atom. The zero-order chi connectivity index (χ0) is 15.4. The van der Waals surface area contributed by atoms with Crippen molar-refractivity contribution >= 4 is 23.0 Å². The molecule has 1 amide bonds. The summed E-state index contributed by atoms with van der Waals surface area (Å²) in [4.78, 5) is 24.1. The van der Waals surface area contributed by atoms with Gasteiger partial charge in [0.1, 0.15) is 6.04 Å². The molecule has 1 aliphatic heterocycles. The zero-order valence-corrected chi connectivity index (χ0v) is 12.3. The van der Waals surface area contributed by atoms with E-state index >= 15 is 0 Å². The number of nitrogens with one attached hydrogen (secondary N) is 2. The Morgan fingerprint density at radius 1 is 1.38 bits per heavy atom. The molecule has 1 aromatic rings. The highest BCUT2D eigenvalue weighted by molar-refractivity contribution is 5.86. The smallest absolute Gasteiger partial charge is 0.273 e. The number of likely N-dealkylation sites (tertiary alicyclic amines) is 1. The van der Waals surface area contributed by atoms with Gasteiger partial charge in [-0.05, 0) is 18.9 Å². The largest absolute Gasteiger partial charge is 0.385 e. The van der Waals surface area contributed by atoms with Crippen molar-refractivity contribution < 1.29 is 9.72 Å². The number of nitro benzene ring substituents is 1. The highest BCUT2D eigenvalue weighted by Gasteiger charge is 2.29. The maximum atomic E-state index is 11.9. The van der Waals surface area contributed by atoms with Crippen LogP contribution in [0.25, 0.3) is 0 Å². The summed E-state index contributed by atoms with van der Waals surface area (Å²) in [5, 5.41) is 17.2. The van der Waals surface area contributed by atoms with Gasteiger partial charge in [-0.2, -0.15) is 0 Å². The van der Waals surface area contributed by atoms with Crippen molar-refractivity contribution in [2.45, 2.75) is 25.8 Å². The summed E-state index contributed by atoms with van der Waals surface area (Å²) in [7, 11) is 1.76. The van der Waals surface area contributed by atoms with Crippen LogP contribution in [0.5, 0.6) is 0 Å². The molecule has 114 valence electrons. The SMILES string of the molecule is CCCNc1cc(NC2CCN(C)C2=O)cc([N+](=O)[O-])c1. The van der Waals surface area contributed by atoms with E-state index in [-0.39, 0.29) is 17.6 Å². The van der Waals surface area contributed by atoms with E-state index in [2.05, 4.69) is 10.6 Å². The molecule has 21 heavy (non-hydrogen) atoms. The quantitative estimate of drug-likeness (QED) is 0.619. The summed E-state index contributed by atoms with van der Waals surface area (Å²) >= 11 is 0. The van der Waals surface area contributed by atoms with Crippen LogP contribution in [0.1, 0.15) is 19.8 Å². The van der Waals surface area contributed by atoms with Gasteiger partial charge in [-0.15, -0.1) is 0 Å². The number of hydrogen-bond acceptors (Lipinski definition) is 5. The number of nitro groups is 1. The Kier molecular flexibility index (Phi) is 4.62. The second kappa shape index (κ2) is 6.43. The number of carbonyl (C=O) groups is 1. The van der Waals surface area contributed by atoms with E-state index in [1.54, 1.807) is 18.0 Å². The molecule has 1 heterocycles. The maximum Gasteiger partial charge on any atom is 0.273 e. The number of likely N-dealkylation sites (N-methyl/N-ethyl adjacent to an activating group) is 1. The van der Waals surface area contributed by atoms with Crippen molar-refractivity contribution in [1.82, 2.24) is 4.90 Å². The molecule has 0 saturated carbocycles. The van der Waals surface area contributed by atoms with Crippen LogP contribution in [0.4, 0.5) is 17.1 Å². The third-order valence-corrected chi connectivity index (χ3v) is 3.48. The van der Waals surface area contributed by atoms with Crippen molar-refractivity contribution in [3.05, 3.63) is 28.3 Å². The fourth-order valence-electron chi connectivity index (χ4n) is 2.33. The number of carbonyl (C=O) groups excluding carboxylic acids is 1. The molecule has 1 aromatic carbocycles. The number of hydrogen-bond donors (Lipinski definition) is 2. The molecule has 0 radical (unpaired) electrons. The Labute approximate surface area is 123 Å². The van der Waals surface area contributed by atoms with E-state index in [0.29, 0.717) is 24.3 Å². The highest BCUT2D eigenvalue weighted by Crippen LogP contribution is 2.26. The van der Waals surface area contributed by atoms with E-state index in [1.165, 1.54) is 12.1 Å². The fraction of sp³-hybridized carbons (Fsp3) is 0.500. The van der Waals surface area contributed by atoms with Gasteiger partial charge in [-0.25, -0.2) is 0 Å². The molecule has 1 aliphatic rings. The molecule has 0 bridgehead atoms. The highest BCUT2D eigenvalue weighted by atomic mass is 16.6. The average Bonchev–Trinajstić information content (AvgIpc) is 2.77. The van der Waals surface area contributed by atoms with Gasteiger partial charge < -0.3 is 15.5 Å². The second-order valence-corrected chi connectivity index (χ2v) is 5.20. The summed E-state index contributed by atoms with van der Waals surface area (Å²) in [6.07, 6.45) is 1.63. The maximum absolute atomic E-state index is 11.9. The Balaban J connectivity index is 2.19. The van der Waals surface area contributed by atoms with Gasteiger partial charge in [-0.1, -0.05) is 6.92 Å². The van der Waals surface area contributed by atoms with Crippen molar-refractivity contribution in [3.8, 4) is 0 Å². The summed E-state index contributed by atoms with van der Waals surface area (Å²) in [5.74, 6) is 0.0181. The lowest BCUT2D eigenvalue weighted by Gasteiger charge is -2.14. The molecule has 0 spiro atoms. The van der Waals surface area contributed by atoms with Gasteiger partial charge in [0.05, 0.1) is 4.92 Å². The van der Waals surface area contributed by atoms with E-state index in [4.69, 9.17) is 0 Å². The molecule has 0 aliphatic carbocycles. The summed E-state index contributed by atoms with van der Waals surface area (Å²) in [5.41, 5.74) is 1.29. The predicted octanol–water partition coefficient (Wildman–Crippen LogP) is 2.06. The van der Waals surface area contributed by atoms with Crippen LogP contribution in [0.2, 0.25) is 0 Å². The average molecular weight is 292 g/mol. The van der Waals surface area contributed by atoms with E-state index in [0.717, 1.165) is 13.0 Å². The predicted molar refractivity (Wildman–Crippen MR) is 81.5 cm³/mol. The molecule has 2 rings (SSSR count). The molecule has 1 fully saturated rings. The van der Waals surface area contributed by atoms with Crippen molar-refractivity contribution in [1.29, 1.82) is 0 Å². The van der Waals surface area contributed by atoms with Crippen LogP contribution in [0.3, 0.4) is 0 Å². The van der Waals surface area contributed by atoms with Crippen LogP contribution in [-0.4, -0.2) is 41.9 Å². The first-order valence-electron chi connectivity index (χ1n) is 7.06. The van der Waals surface area contributed by atoms with Gasteiger partial charge in [0.15, 0.2) is 0 Å². The molecule has 7 nitrogen and oxygen atoms in total. The van der Waals surface area contributed by atoms with Gasteiger partial charge in [-0.3, -0.25) is 14.9 Å². The third kappa shape index (κ3) is 3.62. The topological polar surface area (TPSA) is 87.5 Å². The van der Waals surface area contributed by atoms with Crippen LogP contribution < -0.4 is 10.6 Å². The van der Waals surface area contributed by atoms with Gasteiger partial charge in [0, 0.05) is 43.6 Å². The molecule has 7 heteroatoms. The van der Waals surface area contributed by atoms with Gasteiger partial charge >= 0.3 is 0 Å². The molecular formula is C14H20N4O3. The lowest BCUT2D eigenvalue weighted by atomic mass is 10.2. The van der Waals surface area contributed by atoms with Crippen LogP contribution in [0, 0.1) is 10.1 Å². The lowest BCUT2D eigenvalue weighted by Crippen LogP contribution is -2.30. The minimum atomic E-state index is -0.426. The standard InChI is InChI=1S/C14H20N4O3/c1-3-5-15-10-7-11(9-12(8-10)18(20)21)16-13-4-6-17(2)14(13)19/h7-9,13,15-16H,3-6H2,1-2H3. The Bertz CT molecular complexity index is 547. The zero-order valence-electron chi connectivity index (χ0n) is 12.3. The molecule has 0 aromatic heterocycles. The van der Waals surface area contributed by atoms with Crippen LogP contribution in [-0.2, 0) is 4.79 Å². The summed E-state index contributed by atoms with van der Waals surface area (Å²) in [6.45, 7) is 3.47. The van der Waals surface area contributed by atoms with Crippen molar-refractivity contribution in [2.75, 3.05) is 30.8 Å². The van der Waals surface area contributed by atoms with Crippen LogP contribution >= 0.6 is 0 Å².